The molecule has 0 fully saturated rings. The van der Waals surface area contributed by atoms with Crippen molar-refractivity contribution < 1.29 is 9.53 Å². The van der Waals surface area contributed by atoms with Crippen molar-refractivity contribution in [2.75, 3.05) is 7.11 Å². The van der Waals surface area contributed by atoms with Crippen molar-refractivity contribution in [1.29, 1.82) is 0 Å². The number of rotatable bonds is 4. The van der Waals surface area contributed by atoms with Crippen LogP contribution in [0, 0.1) is 0 Å². The second-order valence-electron chi connectivity index (χ2n) is 4.92. The summed E-state index contributed by atoms with van der Waals surface area (Å²) in [5.41, 5.74) is 2.79. The monoisotopic (exact) mass is 343 g/mol. The maximum absolute atomic E-state index is 11.7. The van der Waals surface area contributed by atoms with Crippen molar-refractivity contribution in [3.05, 3.63) is 64.5 Å². The number of benzene rings is 2. The normalized spacial score (nSPS) is 10.5. The van der Waals surface area contributed by atoms with Crippen molar-refractivity contribution >= 4 is 28.9 Å². The van der Waals surface area contributed by atoms with E-state index in [-0.39, 0.29) is 12.4 Å². The molecule has 1 heterocycles. The van der Waals surface area contributed by atoms with Gasteiger partial charge in [-0.05, 0) is 12.1 Å². The maximum atomic E-state index is 11.7. The SMILES string of the molecule is COC(=O)Cc1sc(-c2ccc(Cl)cc2)nc1-c1ccccc1. The van der Waals surface area contributed by atoms with Gasteiger partial charge in [0.1, 0.15) is 5.01 Å². The van der Waals surface area contributed by atoms with E-state index in [0.717, 1.165) is 26.7 Å². The van der Waals surface area contributed by atoms with Gasteiger partial charge in [-0.3, -0.25) is 4.79 Å². The van der Waals surface area contributed by atoms with Crippen LogP contribution >= 0.6 is 22.9 Å². The highest BCUT2D eigenvalue weighted by Gasteiger charge is 2.17. The fourth-order valence-corrected chi connectivity index (χ4v) is 3.41. The van der Waals surface area contributed by atoms with Crippen molar-refractivity contribution in [2.24, 2.45) is 0 Å². The zero-order chi connectivity index (χ0) is 16.2. The molecule has 0 radical (unpaired) electrons. The first-order valence-corrected chi connectivity index (χ1v) is 8.24. The van der Waals surface area contributed by atoms with Crippen LogP contribution < -0.4 is 0 Å². The van der Waals surface area contributed by atoms with E-state index in [0.29, 0.717) is 5.02 Å². The van der Waals surface area contributed by atoms with Gasteiger partial charge in [-0.2, -0.15) is 0 Å². The van der Waals surface area contributed by atoms with Crippen LogP contribution in [0.15, 0.2) is 54.6 Å². The number of carbonyl (C=O) groups is 1. The van der Waals surface area contributed by atoms with Gasteiger partial charge >= 0.3 is 5.97 Å². The zero-order valence-electron chi connectivity index (χ0n) is 12.5. The Morgan fingerprint density at radius 3 is 2.43 bits per heavy atom. The molecule has 0 aliphatic rings. The van der Waals surface area contributed by atoms with Gasteiger partial charge in [0.05, 0.1) is 19.2 Å². The molecule has 0 amide bonds. The molecule has 0 saturated heterocycles. The molecular weight excluding hydrogens is 330 g/mol. The van der Waals surface area contributed by atoms with E-state index in [4.69, 9.17) is 21.3 Å². The minimum absolute atomic E-state index is 0.214. The lowest BCUT2D eigenvalue weighted by molar-refractivity contribution is -0.139. The molecule has 0 N–H and O–H groups in total. The smallest absolute Gasteiger partial charge is 0.310 e. The first-order chi connectivity index (χ1) is 11.2. The van der Waals surface area contributed by atoms with Crippen LogP contribution in [0.4, 0.5) is 0 Å². The molecule has 0 spiro atoms. The third-order valence-corrected chi connectivity index (χ3v) is 4.72. The second-order valence-corrected chi connectivity index (χ2v) is 6.44. The molecular formula is C18H14ClNO2S. The summed E-state index contributed by atoms with van der Waals surface area (Å²) in [5, 5.41) is 1.54. The highest BCUT2D eigenvalue weighted by atomic mass is 35.5. The molecule has 5 heteroatoms. The molecule has 23 heavy (non-hydrogen) atoms. The predicted molar refractivity (Wildman–Crippen MR) is 93.7 cm³/mol. The van der Waals surface area contributed by atoms with Crippen molar-refractivity contribution in [3.63, 3.8) is 0 Å². The molecule has 0 bridgehead atoms. The summed E-state index contributed by atoms with van der Waals surface area (Å²) >= 11 is 7.44. The largest absolute Gasteiger partial charge is 0.469 e. The molecule has 116 valence electrons. The number of hydrogen-bond acceptors (Lipinski definition) is 4. The highest BCUT2D eigenvalue weighted by molar-refractivity contribution is 7.15. The van der Waals surface area contributed by atoms with E-state index in [1.165, 1.54) is 18.4 Å². The number of carbonyl (C=O) groups excluding carboxylic acids is 1. The summed E-state index contributed by atoms with van der Waals surface area (Å²) in [6.45, 7) is 0. The predicted octanol–water partition coefficient (Wildman–Crippen LogP) is 4.85. The number of nitrogens with zero attached hydrogens (tertiary/aromatic N) is 1. The summed E-state index contributed by atoms with van der Waals surface area (Å²) in [6, 6.07) is 17.4. The molecule has 2 aromatic carbocycles. The fraction of sp³-hybridized carbons (Fsp3) is 0.111. The summed E-state index contributed by atoms with van der Waals surface area (Å²) in [6.07, 6.45) is 0.214. The first kappa shape index (κ1) is 15.7. The van der Waals surface area contributed by atoms with E-state index < -0.39 is 0 Å². The van der Waals surface area contributed by atoms with Crippen LogP contribution in [0.25, 0.3) is 21.8 Å². The number of aromatic nitrogens is 1. The molecule has 0 aliphatic carbocycles. The average Bonchev–Trinajstić information content (AvgIpc) is 3.00. The van der Waals surface area contributed by atoms with Crippen LogP contribution in [0.5, 0.6) is 0 Å². The highest BCUT2D eigenvalue weighted by Crippen LogP contribution is 2.34. The van der Waals surface area contributed by atoms with Crippen LogP contribution in [-0.2, 0) is 16.0 Å². The summed E-state index contributed by atoms with van der Waals surface area (Å²) < 4.78 is 4.80. The molecule has 3 rings (SSSR count). The third kappa shape index (κ3) is 3.60. The van der Waals surface area contributed by atoms with E-state index in [1.54, 1.807) is 0 Å². The minimum Gasteiger partial charge on any atom is -0.469 e. The lowest BCUT2D eigenvalue weighted by Crippen LogP contribution is -2.03. The topological polar surface area (TPSA) is 39.2 Å². The number of esters is 1. The Morgan fingerprint density at radius 1 is 1.09 bits per heavy atom. The Balaban J connectivity index is 2.06. The van der Waals surface area contributed by atoms with Gasteiger partial charge in [0.15, 0.2) is 0 Å². The van der Waals surface area contributed by atoms with Crippen LogP contribution in [0.2, 0.25) is 5.02 Å². The van der Waals surface area contributed by atoms with E-state index in [1.807, 2.05) is 54.6 Å². The van der Waals surface area contributed by atoms with Gasteiger partial charge in [-0.25, -0.2) is 4.98 Å². The fourth-order valence-electron chi connectivity index (χ4n) is 2.21. The summed E-state index contributed by atoms with van der Waals surface area (Å²) in [4.78, 5) is 17.3. The maximum Gasteiger partial charge on any atom is 0.310 e. The van der Waals surface area contributed by atoms with Gasteiger partial charge in [0.2, 0.25) is 0 Å². The van der Waals surface area contributed by atoms with Gasteiger partial charge < -0.3 is 4.74 Å². The molecule has 0 saturated carbocycles. The lowest BCUT2D eigenvalue weighted by Gasteiger charge is -2.01. The van der Waals surface area contributed by atoms with E-state index in [2.05, 4.69) is 0 Å². The van der Waals surface area contributed by atoms with Crippen LogP contribution in [0.3, 0.4) is 0 Å². The molecule has 0 unspecified atom stereocenters. The molecule has 0 atom stereocenters. The molecule has 0 aliphatic heterocycles. The van der Waals surface area contributed by atoms with Crippen molar-refractivity contribution in [3.8, 4) is 21.8 Å². The number of methoxy groups -OCH3 is 1. The third-order valence-electron chi connectivity index (χ3n) is 3.37. The number of thiazole rings is 1. The van der Waals surface area contributed by atoms with Crippen LogP contribution in [0.1, 0.15) is 4.88 Å². The Bertz CT molecular complexity index is 813. The Labute approximate surface area is 143 Å². The van der Waals surface area contributed by atoms with E-state index in [9.17, 15) is 4.79 Å². The van der Waals surface area contributed by atoms with E-state index >= 15 is 0 Å². The standard InChI is InChI=1S/C18H14ClNO2S/c1-22-16(21)11-15-17(12-5-3-2-4-6-12)20-18(23-15)13-7-9-14(19)10-8-13/h2-10H,11H2,1H3. The number of halogens is 1. The van der Waals surface area contributed by atoms with Gasteiger partial charge in [0.25, 0.3) is 0 Å². The zero-order valence-corrected chi connectivity index (χ0v) is 14.0. The van der Waals surface area contributed by atoms with Gasteiger partial charge in [-0.15, -0.1) is 11.3 Å². The van der Waals surface area contributed by atoms with Gasteiger partial charge in [0, 0.05) is 21.0 Å². The summed E-state index contributed by atoms with van der Waals surface area (Å²) in [7, 11) is 1.39. The first-order valence-electron chi connectivity index (χ1n) is 7.05. The lowest BCUT2D eigenvalue weighted by atomic mass is 10.1. The van der Waals surface area contributed by atoms with Crippen molar-refractivity contribution in [2.45, 2.75) is 6.42 Å². The Hall–Kier alpha value is -2.17. The second kappa shape index (κ2) is 6.94. The average molecular weight is 344 g/mol. The Morgan fingerprint density at radius 2 is 1.78 bits per heavy atom. The summed E-state index contributed by atoms with van der Waals surface area (Å²) in [5.74, 6) is -0.270. The molecule has 3 nitrogen and oxygen atoms in total. The Kier molecular flexibility index (Phi) is 4.74. The van der Waals surface area contributed by atoms with Crippen molar-refractivity contribution in [1.82, 2.24) is 4.98 Å². The van der Waals surface area contributed by atoms with Gasteiger partial charge in [-0.1, -0.05) is 54.1 Å². The molecule has 3 aromatic rings. The number of ether oxygens (including phenoxy) is 1. The minimum atomic E-state index is -0.270. The van der Waals surface area contributed by atoms with Crippen LogP contribution in [-0.4, -0.2) is 18.1 Å². The quantitative estimate of drug-likeness (QED) is 0.636. The molecule has 1 aromatic heterocycles. The number of hydrogen-bond donors (Lipinski definition) is 0.